The summed E-state index contributed by atoms with van der Waals surface area (Å²) in [6.07, 6.45) is 3.96. The van der Waals surface area contributed by atoms with Crippen LogP contribution in [0.3, 0.4) is 0 Å². The molecule has 0 atom stereocenters. The van der Waals surface area contributed by atoms with E-state index in [1.165, 1.54) is 18.2 Å². The lowest BCUT2D eigenvalue weighted by Crippen LogP contribution is -2.45. The molecule has 0 saturated heterocycles. The molecular weight excluding hydrogens is 290 g/mol. The minimum Gasteiger partial charge on any atom is -0.477 e. The van der Waals surface area contributed by atoms with Gasteiger partial charge < -0.3 is 10.1 Å². The van der Waals surface area contributed by atoms with E-state index in [9.17, 15) is 19.7 Å². The lowest BCUT2D eigenvalue weighted by Gasteiger charge is -2.12. The van der Waals surface area contributed by atoms with Crippen LogP contribution in [0, 0.1) is 10.1 Å². The van der Waals surface area contributed by atoms with E-state index in [1.807, 2.05) is 0 Å². The van der Waals surface area contributed by atoms with Gasteiger partial charge in [-0.1, -0.05) is 25.0 Å². The number of urea groups is 1. The largest absolute Gasteiger partial charge is 0.477 e. The highest BCUT2D eigenvalue weighted by atomic mass is 16.6. The molecule has 2 rings (SSSR count). The van der Waals surface area contributed by atoms with Crippen molar-refractivity contribution in [2.75, 3.05) is 6.61 Å². The second kappa shape index (κ2) is 7.39. The monoisotopic (exact) mass is 307 g/mol. The van der Waals surface area contributed by atoms with Gasteiger partial charge in [0.1, 0.15) is 0 Å². The number of hydrogen-bond acceptors (Lipinski definition) is 5. The average molecular weight is 307 g/mol. The highest BCUT2D eigenvalue weighted by molar-refractivity contribution is 5.95. The summed E-state index contributed by atoms with van der Waals surface area (Å²) in [6, 6.07) is 5.27. The van der Waals surface area contributed by atoms with Gasteiger partial charge in [-0.05, 0) is 18.9 Å². The maximum Gasteiger partial charge on any atom is 0.321 e. The van der Waals surface area contributed by atoms with Gasteiger partial charge in [-0.25, -0.2) is 4.79 Å². The molecule has 1 aliphatic carbocycles. The Balaban J connectivity index is 1.80. The lowest BCUT2D eigenvalue weighted by molar-refractivity contribution is -0.385. The molecule has 1 aromatic rings. The second-order valence-electron chi connectivity index (χ2n) is 5.02. The Labute approximate surface area is 127 Å². The summed E-state index contributed by atoms with van der Waals surface area (Å²) in [6.45, 7) is -0.469. The summed E-state index contributed by atoms with van der Waals surface area (Å²) in [5.74, 6) is -0.674. The fraction of sp³-hybridized carbons (Fsp3) is 0.429. The number of rotatable bonds is 5. The van der Waals surface area contributed by atoms with Crippen LogP contribution in [0.5, 0.6) is 5.75 Å². The van der Waals surface area contributed by atoms with Gasteiger partial charge in [0, 0.05) is 12.1 Å². The molecule has 0 aliphatic heterocycles. The number of benzene rings is 1. The Hall–Kier alpha value is -2.64. The summed E-state index contributed by atoms with van der Waals surface area (Å²) in [7, 11) is 0. The predicted octanol–water partition coefficient (Wildman–Crippen LogP) is 1.74. The van der Waals surface area contributed by atoms with Crippen LogP contribution in [0.25, 0.3) is 0 Å². The van der Waals surface area contributed by atoms with Crippen LogP contribution < -0.4 is 15.4 Å². The molecule has 1 aliphatic rings. The molecule has 8 heteroatoms. The van der Waals surface area contributed by atoms with Crippen LogP contribution in [-0.4, -0.2) is 29.5 Å². The summed E-state index contributed by atoms with van der Waals surface area (Å²) < 4.78 is 5.10. The number of imide groups is 1. The Kier molecular flexibility index (Phi) is 5.29. The van der Waals surface area contributed by atoms with E-state index in [1.54, 1.807) is 6.07 Å². The number of carbonyl (C=O) groups is 2. The molecule has 22 heavy (non-hydrogen) atoms. The smallest absolute Gasteiger partial charge is 0.321 e. The van der Waals surface area contributed by atoms with Crippen molar-refractivity contribution < 1.29 is 19.2 Å². The van der Waals surface area contributed by atoms with Crippen molar-refractivity contribution in [2.45, 2.75) is 31.7 Å². The first-order chi connectivity index (χ1) is 10.6. The number of nitrogens with one attached hydrogen (secondary N) is 2. The van der Waals surface area contributed by atoms with Crippen molar-refractivity contribution in [1.82, 2.24) is 10.6 Å². The molecule has 0 spiro atoms. The zero-order valence-electron chi connectivity index (χ0n) is 11.9. The van der Waals surface area contributed by atoms with E-state index in [0.717, 1.165) is 25.7 Å². The number of nitro benzene ring substituents is 1. The number of ether oxygens (including phenoxy) is 1. The molecule has 8 nitrogen and oxygen atoms in total. The third-order valence-electron chi connectivity index (χ3n) is 3.36. The number of nitro groups is 1. The summed E-state index contributed by atoms with van der Waals surface area (Å²) in [5, 5.41) is 15.6. The average Bonchev–Trinajstić information content (AvgIpc) is 2.98. The summed E-state index contributed by atoms with van der Waals surface area (Å²) in [4.78, 5) is 33.4. The van der Waals surface area contributed by atoms with Gasteiger partial charge in [0.15, 0.2) is 12.4 Å². The van der Waals surface area contributed by atoms with Crippen molar-refractivity contribution in [2.24, 2.45) is 0 Å². The van der Waals surface area contributed by atoms with E-state index >= 15 is 0 Å². The van der Waals surface area contributed by atoms with Gasteiger partial charge in [0.25, 0.3) is 5.91 Å². The first-order valence-electron chi connectivity index (χ1n) is 7.03. The van der Waals surface area contributed by atoms with Crippen molar-refractivity contribution in [1.29, 1.82) is 0 Å². The van der Waals surface area contributed by atoms with E-state index in [0.29, 0.717) is 0 Å². The van der Waals surface area contributed by atoms with Gasteiger partial charge in [-0.3, -0.25) is 20.2 Å². The molecule has 0 unspecified atom stereocenters. The van der Waals surface area contributed by atoms with Crippen molar-refractivity contribution in [3.05, 3.63) is 34.4 Å². The Morgan fingerprint density at radius 1 is 1.27 bits per heavy atom. The molecule has 3 amide bonds. The molecule has 1 saturated carbocycles. The van der Waals surface area contributed by atoms with Crippen LogP contribution in [0.2, 0.25) is 0 Å². The van der Waals surface area contributed by atoms with E-state index in [-0.39, 0.29) is 17.5 Å². The standard InChI is InChI=1S/C14H17N3O5/c18-13(16-14(19)15-10-5-1-2-6-10)9-22-12-8-4-3-7-11(12)17(20)21/h3-4,7-8,10H,1-2,5-6,9H2,(H2,15,16,18,19). The van der Waals surface area contributed by atoms with E-state index in [2.05, 4.69) is 10.6 Å². The number of carbonyl (C=O) groups excluding carboxylic acids is 2. The van der Waals surface area contributed by atoms with Crippen LogP contribution in [0.1, 0.15) is 25.7 Å². The van der Waals surface area contributed by atoms with Crippen molar-refractivity contribution in [3.63, 3.8) is 0 Å². The molecule has 0 bridgehead atoms. The number of nitrogens with zero attached hydrogens (tertiary/aromatic N) is 1. The Bertz CT molecular complexity index is 569. The van der Waals surface area contributed by atoms with Crippen molar-refractivity contribution in [3.8, 4) is 5.75 Å². The second-order valence-corrected chi connectivity index (χ2v) is 5.02. The van der Waals surface area contributed by atoms with E-state index < -0.39 is 23.5 Å². The minimum absolute atomic E-state index is 0.0150. The summed E-state index contributed by atoms with van der Waals surface area (Å²) in [5.41, 5.74) is -0.231. The summed E-state index contributed by atoms with van der Waals surface area (Å²) >= 11 is 0. The number of amides is 3. The molecule has 0 radical (unpaired) electrons. The predicted molar refractivity (Wildman–Crippen MR) is 77.5 cm³/mol. The number of para-hydroxylation sites is 2. The Morgan fingerprint density at radius 2 is 1.95 bits per heavy atom. The van der Waals surface area contributed by atoms with Crippen LogP contribution in [0.15, 0.2) is 24.3 Å². The third-order valence-corrected chi connectivity index (χ3v) is 3.36. The lowest BCUT2D eigenvalue weighted by atomic mass is 10.2. The van der Waals surface area contributed by atoms with Gasteiger partial charge in [-0.2, -0.15) is 0 Å². The minimum atomic E-state index is -0.659. The quantitative estimate of drug-likeness (QED) is 0.636. The SMILES string of the molecule is O=C(COc1ccccc1[N+](=O)[O-])NC(=O)NC1CCCC1. The fourth-order valence-electron chi connectivity index (χ4n) is 2.33. The van der Waals surface area contributed by atoms with Gasteiger partial charge in [0.05, 0.1) is 4.92 Å². The normalized spacial score (nSPS) is 14.4. The Morgan fingerprint density at radius 3 is 2.64 bits per heavy atom. The van der Waals surface area contributed by atoms with Crippen molar-refractivity contribution >= 4 is 17.6 Å². The van der Waals surface area contributed by atoms with Gasteiger partial charge in [-0.15, -0.1) is 0 Å². The molecule has 0 aromatic heterocycles. The van der Waals surface area contributed by atoms with Gasteiger partial charge >= 0.3 is 11.7 Å². The van der Waals surface area contributed by atoms with Crippen LogP contribution in [0.4, 0.5) is 10.5 Å². The maximum absolute atomic E-state index is 11.6. The third kappa shape index (κ3) is 4.44. The van der Waals surface area contributed by atoms with Gasteiger partial charge in [0.2, 0.25) is 0 Å². The highest BCUT2D eigenvalue weighted by Crippen LogP contribution is 2.25. The first kappa shape index (κ1) is 15.7. The highest BCUT2D eigenvalue weighted by Gasteiger charge is 2.19. The molecular formula is C14H17N3O5. The fourth-order valence-corrected chi connectivity index (χ4v) is 2.33. The zero-order chi connectivity index (χ0) is 15.9. The topological polar surface area (TPSA) is 111 Å². The molecule has 1 fully saturated rings. The van der Waals surface area contributed by atoms with Crippen LogP contribution in [-0.2, 0) is 4.79 Å². The molecule has 1 aromatic carbocycles. The molecule has 2 N–H and O–H groups in total. The molecule has 0 heterocycles. The maximum atomic E-state index is 11.6. The van der Waals surface area contributed by atoms with Crippen LogP contribution >= 0.6 is 0 Å². The molecule has 118 valence electrons. The zero-order valence-corrected chi connectivity index (χ0v) is 11.9. The number of hydrogen-bond donors (Lipinski definition) is 2. The van der Waals surface area contributed by atoms with E-state index in [4.69, 9.17) is 4.74 Å². The first-order valence-corrected chi connectivity index (χ1v) is 7.03.